The van der Waals surface area contributed by atoms with Gasteiger partial charge in [0.15, 0.2) is 0 Å². The van der Waals surface area contributed by atoms with Gasteiger partial charge in [0.25, 0.3) is 0 Å². The van der Waals surface area contributed by atoms with Crippen LogP contribution in [0.2, 0.25) is 5.02 Å². The van der Waals surface area contributed by atoms with Crippen molar-refractivity contribution in [2.75, 3.05) is 20.2 Å². The molecule has 28 heavy (non-hydrogen) atoms. The fourth-order valence-electron chi connectivity index (χ4n) is 3.63. The molecule has 1 aliphatic rings. The molecule has 0 amide bonds. The van der Waals surface area contributed by atoms with Crippen LogP contribution in [0.25, 0.3) is 5.69 Å². The predicted octanol–water partition coefficient (Wildman–Crippen LogP) is 4.73. The van der Waals surface area contributed by atoms with Gasteiger partial charge < -0.3 is 10.1 Å². The van der Waals surface area contributed by atoms with E-state index in [1.807, 2.05) is 23.7 Å². The van der Waals surface area contributed by atoms with E-state index < -0.39 is 0 Å². The van der Waals surface area contributed by atoms with E-state index in [0.717, 1.165) is 65.8 Å². The minimum absolute atomic E-state index is 0.721. The second kappa shape index (κ2) is 9.26. The Hall–Kier alpha value is -2.30. The van der Waals surface area contributed by atoms with Gasteiger partial charge in [-0.15, -0.1) is 0 Å². The number of rotatable bonds is 6. The lowest BCUT2D eigenvalue weighted by molar-refractivity contribution is 0.306. The lowest BCUT2D eigenvalue weighted by Gasteiger charge is -2.15. The summed E-state index contributed by atoms with van der Waals surface area (Å²) in [5.41, 5.74) is 6.89. The molecule has 0 radical (unpaired) electrons. The van der Waals surface area contributed by atoms with E-state index in [-0.39, 0.29) is 0 Å². The highest BCUT2D eigenvalue weighted by Gasteiger charge is 2.19. The zero-order valence-electron chi connectivity index (χ0n) is 16.9. The van der Waals surface area contributed by atoms with Crippen molar-refractivity contribution in [3.63, 3.8) is 0 Å². The van der Waals surface area contributed by atoms with Crippen molar-refractivity contribution in [3.8, 4) is 5.69 Å². The van der Waals surface area contributed by atoms with E-state index in [1.165, 1.54) is 11.1 Å². The van der Waals surface area contributed by atoms with Gasteiger partial charge in [-0.05, 0) is 80.8 Å². The van der Waals surface area contributed by atoms with E-state index in [2.05, 4.69) is 37.0 Å². The van der Waals surface area contributed by atoms with Gasteiger partial charge in [0.2, 0.25) is 0 Å². The molecule has 0 fully saturated rings. The van der Waals surface area contributed by atoms with Crippen LogP contribution in [0.15, 0.2) is 54.3 Å². The molecule has 4 nitrogen and oxygen atoms in total. The summed E-state index contributed by atoms with van der Waals surface area (Å²) in [6.07, 6.45) is 8.47. The summed E-state index contributed by atoms with van der Waals surface area (Å²) in [7, 11) is 1.65. The van der Waals surface area contributed by atoms with Crippen molar-refractivity contribution in [3.05, 3.63) is 81.9 Å². The molecule has 3 rings (SSSR count). The quantitative estimate of drug-likeness (QED) is 0.565. The molecule has 5 heteroatoms. The molecule has 0 spiro atoms. The van der Waals surface area contributed by atoms with Gasteiger partial charge in [-0.2, -0.15) is 5.10 Å². The van der Waals surface area contributed by atoms with E-state index in [1.54, 1.807) is 13.2 Å². The number of aromatic nitrogens is 2. The highest BCUT2D eigenvalue weighted by atomic mass is 35.5. The van der Waals surface area contributed by atoms with Crippen LogP contribution < -0.4 is 5.32 Å². The Labute approximate surface area is 172 Å². The summed E-state index contributed by atoms with van der Waals surface area (Å²) in [4.78, 5) is 0. The molecule has 2 heterocycles. The third-order valence-electron chi connectivity index (χ3n) is 5.12. The molecule has 0 saturated heterocycles. The Bertz CT molecular complexity index is 924. The highest BCUT2D eigenvalue weighted by molar-refractivity contribution is 6.32. The number of hydrogen-bond acceptors (Lipinski definition) is 3. The number of hydrogen-bond donors (Lipinski definition) is 1. The second-order valence-electron chi connectivity index (χ2n) is 6.97. The zero-order valence-corrected chi connectivity index (χ0v) is 17.6. The van der Waals surface area contributed by atoms with Crippen molar-refractivity contribution >= 4 is 11.6 Å². The largest absolute Gasteiger partial charge is 0.497 e. The Balaban J connectivity index is 1.98. The molecular formula is C23H28ClN3O. The number of aryl methyl sites for hydroxylation is 1. The van der Waals surface area contributed by atoms with Crippen LogP contribution in [0.3, 0.4) is 0 Å². The van der Waals surface area contributed by atoms with Crippen molar-refractivity contribution in [1.29, 1.82) is 0 Å². The maximum atomic E-state index is 6.64. The van der Waals surface area contributed by atoms with Gasteiger partial charge >= 0.3 is 0 Å². The topological polar surface area (TPSA) is 39.1 Å². The Kier molecular flexibility index (Phi) is 6.76. The SMILES string of the molecule is C=C/C(=C\C(=C/C)Cc1cc(C)n(-c2c(Cl)ccc3c2CCNCC3)n1)OC. The number of halogens is 1. The number of benzene rings is 1. The first-order valence-corrected chi connectivity index (χ1v) is 10.0. The third kappa shape index (κ3) is 4.40. The normalized spacial score (nSPS) is 15.1. The number of ether oxygens (including phenoxy) is 1. The Morgan fingerprint density at radius 2 is 2.14 bits per heavy atom. The van der Waals surface area contributed by atoms with Gasteiger partial charge in [-0.1, -0.05) is 30.3 Å². The molecule has 0 atom stereocenters. The Morgan fingerprint density at radius 1 is 1.36 bits per heavy atom. The van der Waals surface area contributed by atoms with Crippen molar-refractivity contribution in [2.24, 2.45) is 0 Å². The van der Waals surface area contributed by atoms with Crippen molar-refractivity contribution in [2.45, 2.75) is 33.1 Å². The average molecular weight is 398 g/mol. The standard InChI is InChI=1S/C23H28ClN3O/c1-5-17(15-20(6-2)28-4)14-19-13-16(3)27(26-19)23-21-10-12-25-11-9-18(21)7-8-22(23)24/h5-8,13,15,25H,2,9-12,14H2,1,3-4H3/b17-5-,20-15+. The fourth-order valence-corrected chi connectivity index (χ4v) is 3.89. The summed E-state index contributed by atoms with van der Waals surface area (Å²) in [6, 6.07) is 6.28. The molecular weight excluding hydrogens is 370 g/mol. The molecule has 1 N–H and O–H groups in total. The van der Waals surface area contributed by atoms with E-state index in [0.29, 0.717) is 0 Å². The second-order valence-corrected chi connectivity index (χ2v) is 7.38. The molecule has 148 valence electrons. The van der Waals surface area contributed by atoms with Gasteiger partial charge in [0.05, 0.1) is 23.5 Å². The molecule has 0 unspecified atom stereocenters. The average Bonchev–Trinajstić information content (AvgIpc) is 2.90. The maximum Gasteiger partial charge on any atom is 0.118 e. The van der Waals surface area contributed by atoms with Crippen LogP contribution in [0.5, 0.6) is 0 Å². The minimum atomic E-state index is 0.721. The summed E-state index contributed by atoms with van der Waals surface area (Å²) in [6.45, 7) is 9.84. The summed E-state index contributed by atoms with van der Waals surface area (Å²) < 4.78 is 7.31. The molecule has 1 aromatic heterocycles. The van der Waals surface area contributed by atoms with Crippen molar-refractivity contribution in [1.82, 2.24) is 15.1 Å². The summed E-state index contributed by atoms with van der Waals surface area (Å²) in [5.74, 6) is 0.744. The molecule has 1 aliphatic heterocycles. The first kappa shape index (κ1) is 20.4. The predicted molar refractivity (Wildman–Crippen MR) is 116 cm³/mol. The number of nitrogens with zero attached hydrogens (tertiary/aromatic N) is 2. The number of allylic oxidation sites excluding steroid dienone is 4. The molecule has 1 aromatic carbocycles. The number of fused-ring (bicyclic) bond motifs is 1. The van der Waals surface area contributed by atoms with E-state index >= 15 is 0 Å². The lowest BCUT2D eigenvalue weighted by Crippen LogP contribution is -2.16. The van der Waals surface area contributed by atoms with Gasteiger partial charge in [0, 0.05) is 12.1 Å². The maximum absolute atomic E-state index is 6.64. The van der Waals surface area contributed by atoms with Crippen LogP contribution in [0, 0.1) is 6.92 Å². The van der Waals surface area contributed by atoms with Crippen molar-refractivity contribution < 1.29 is 4.74 Å². The lowest BCUT2D eigenvalue weighted by atomic mass is 10.0. The first-order valence-electron chi connectivity index (χ1n) is 9.67. The highest BCUT2D eigenvalue weighted by Crippen LogP contribution is 2.30. The van der Waals surface area contributed by atoms with Crippen LogP contribution in [-0.4, -0.2) is 30.0 Å². The first-order chi connectivity index (χ1) is 13.6. The summed E-state index contributed by atoms with van der Waals surface area (Å²) in [5, 5.41) is 9.12. The number of nitrogens with one attached hydrogen (secondary N) is 1. The van der Waals surface area contributed by atoms with Crippen LogP contribution in [-0.2, 0) is 24.0 Å². The fraction of sp³-hybridized carbons (Fsp3) is 0.348. The van der Waals surface area contributed by atoms with Crippen LogP contribution in [0.4, 0.5) is 0 Å². The monoisotopic (exact) mass is 397 g/mol. The van der Waals surface area contributed by atoms with Crippen LogP contribution in [0.1, 0.15) is 29.4 Å². The molecule has 2 aromatic rings. The van der Waals surface area contributed by atoms with Gasteiger partial charge in [-0.25, -0.2) is 4.68 Å². The number of methoxy groups -OCH3 is 1. The summed E-state index contributed by atoms with van der Waals surface area (Å²) >= 11 is 6.64. The molecule has 0 aliphatic carbocycles. The van der Waals surface area contributed by atoms with Gasteiger partial charge in [-0.3, -0.25) is 0 Å². The van der Waals surface area contributed by atoms with E-state index in [9.17, 15) is 0 Å². The molecule has 0 bridgehead atoms. The Morgan fingerprint density at radius 3 is 2.86 bits per heavy atom. The third-order valence-corrected chi connectivity index (χ3v) is 5.43. The smallest absolute Gasteiger partial charge is 0.118 e. The van der Waals surface area contributed by atoms with E-state index in [4.69, 9.17) is 21.4 Å². The van der Waals surface area contributed by atoms with Crippen LogP contribution >= 0.6 is 11.6 Å². The molecule has 0 saturated carbocycles. The zero-order chi connectivity index (χ0) is 20.1. The minimum Gasteiger partial charge on any atom is -0.497 e. The van der Waals surface area contributed by atoms with Gasteiger partial charge in [0.1, 0.15) is 5.76 Å².